The van der Waals surface area contributed by atoms with E-state index in [0.717, 1.165) is 5.69 Å². The lowest BCUT2D eigenvalue weighted by molar-refractivity contribution is 1.03. The molecule has 0 unspecified atom stereocenters. The Kier molecular flexibility index (Phi) is 3.97. The van der Waals surface area contributed by atoms with E-state index in [1.165, 1.54) is 18.1 Å². The van der Waals surface area contributed by atoms with Crippen molar-refractivity contribution in [1.82, 2.24) is 9.97 Å². The summed E-state index contributed by atoms with van der Waals surface area (Å²) < 4.78 is 0. The Morgan fingerprint density at radius 1 is 1.11 bits per heavy atom. The van der Waals surface area contributed by atoms with E-state index >= 15 is 0 Å². The maximum absolute atomic E-state index is 9.16. The van der Waals surface area contributed by atoms with Gasteiger partial charge in [-0.05, 0) is 30.5 Å². The number of nitrogens with zero attached hydrogens (tertiary/aromatic N) is 4. The quantitative estimate of drug-likeness (QED) is 0.679. The fraction of sp³-hybridized carbons (Fsp3) is 0.0769. The summed E-state index contributed by atoms with van der Waals surface area (Å²) in [5, 5.41) is 21.6. The van der Waals surface area contributed by atoms with Crippen molar-refractivity contribution in [2.75, 3.05) is 11.6 Å². The van der Waals surface area contributed by atoms with Crippen LogP contribution in [0.3, 0.4) is 0 Å². The van der Waals surface area contributed by atoms with Gasteiger partial charge in [0.2, 0.25) is 0 Å². The first-order valence-electron chi connectivity index (χ1n) is 5.34. The molecule has 0 aliphatic rings. The van der Waals surface area contributed by atoms with Crippen molar-refractivity contribution in [2.45, 2.75) is 5.03 Å². The lowest BCUT2D eigenvalue weighted by Crippen LogP contribution is -2.00. The van der Waals surface area contributed by atoms with Gasteiger partial charge in [-0.1, -0.05) is 0 Å². The SMILES string of the molecule is CSc1ncnc(Nc2ccc(C#N)cc2)c1C#N. The zero-order valence-corrected chi connectivity index (χ0v) is 10.9. The third kappa shape index (κ3) is 2.82. The normalized spacial score (nSPS) is 9.42. The number of benzene rings is 1. The fourth-order valence-corrected chi connectivity index (χ4v) is 1.98. The van der Waals surface area contributed by atoms with Crippen molar-refractivity contribution >= 4 is 23.3 Å². The van der Waals surface area contributed by atoms with Gasteiger partial charge in [-0.3, -0.25) is 0 Å². The van der Waals surface area contributed by atoms with Gasteiger partial charge < -0.3 is 5.32 Å². The average Bonchev–Trinajstić information content (AvgIpc) is 2.47. The second kappa shape index (κ2) is 5.85. The molecule has 0 spiro atoms. The van der Waals surface area contributed by atoms with Gasteiger partial charge in [0.15, 0.2) is 5.82 Å². The molecule has 0 atom stereocenters. The van der Waals surface area contributed by atoms with Gasteiger partial charge in [0.05, 0.1) is 11.6 Å². The second-order valence-corrected chi connectivity index (χ2v) is 4.33. The van der Waals surface area contributed by atoms with Crippen molar-refractivity contribution < 1.29 is 0 Å². The summed E-state index contributed by atoms with van der Waals surface area (Å²) in [5.74, 6) is 0.464. The van der Waals surface area contributed by atoms with Crippen molar-refractivity contribution in [3.05, 3.63) is 41.7 Å². The van der Waals surface area contributed by atoms with Crippen LogP contribution in [0.25, 0.3) is 0 Å². The molecule has 0 aliphatic heterocycles. The summed E-state index contributed by atoms with van der Waals surface area (Å²) in [7, 11) is 0. The lowest BCUT2D eigenvalue weighted by Gasteiger charge is -2.08. The molecule has 0 aliphatic carbocycles. The molecule has 19 heavy (non-hydrogen) atoms. The average molecular weight is 267 g/mol. The van der Waals surface area contributed by atoms with Gasteiger partial charge in [0, 0.05) is 5.69 Å². The van der Waals surface area contributed by atoms with Gasteiger partial charge >= 0.3 is 0 Å². The molecule has 1 aromatic heterocycles. The Hall–Kier alpha value is -2.57. The molecule has 0 saturated carbocycles. The van der Waals surface area contributed by atoms with Crippen molar-refractivity contribution in [3.8, 4) is 12.1 Å². The largest absolute Gasteiger partial charge is 0.339 e. The fourth-order valence-electron chi connectivity index (χ4n) is 1.48. The third-order valence-corrected chi connectivity index (χ3v) is 3.09. The van der Waals surface area contributed by atoms with E-state index in [1.54, 1.807) is 24.3 Å². The summed E-state index contributed by atoms with van der Waals surface area (Å²) in [6, 6.07) is 11.1. The van der Waals surface area contributed by atoms with E-state index in [-0.39, 0.29) is 0 Å². The molecule has 0 fully saturated rings. The zero-order valence-electron chi connectivity index (χ0n) is 10.1. The molecule has 0 saturated heterocycles. The molecule has 0 bridgehead atoms. The van der Waals surface area contributed by atoms with E-state index in [9.17, 15) is 0 Å². The molecule has 2 aromatic rings. The Bertz CT molecular complexity index is 667. The minimum atomic E-state index is 0.416. The molecule has 92 valence electrons. The highest BCUT2D eigenvalue weighted by atomic mass is 32.2. The monoisotopic (exact) mass is 267 g/mol. The van der Waals surface area contributed by atoms with E-state index in [1.807, 2.05) is 12.3 Å². The first-order valence-corrected chi connectivity index (χ1v) is 6.57. The van der Waals surface area contributed by atoms with Crippen LogP contribution >= 0.6 is 11.8 Å². The number of hydrogen-bond acceptors (Lipinski definition) is 6. The van der Waals surface area contributed by atoms with Crippen LogP contribution in [0.15, 0.2) is 35.6 Å². The predicted octanol–water partition coefficient (Wildman–Crippen LogP) is 2.69. The summed E-state index contributed by atoms with van der Waals surface area (Å²) in [6.07, 6.45) is 3.27. The van der Waals surface area contributed by atoms with Gasteiger partial charge in [-0.15, -0.1) is 11.8 Å². The first-order chi connectivity index (χ1) is 9.28. The van der Waals surface area contributed by atoms with Gasteiger partial charge in [0.25, 0.3) is 0 Å². The minimum absolute atomic E-state index is 0.416. The van der Waals surface area contributed by atoms with Crippen molar-refractivity contribution in [1.29, 1.82) is 10.5 Å². The Balaban J connectivity index is 2.33. The highest BCUT2D eigenvalue weighted by molar-refractivity contribution is 7.98. The smallest absolute Gasteiger partial charge is 0.152 e. The highest BCUT2D eigenvalue weighted by Crippen LogP contribution is 2.24. The van der Waals surface area contributed by atoms with Crippen LogP contribution in [0, 0.1) is 22.7 Å². The number of anilines is 2. The van der Waals surface area contributed by atoms with Crippen LogP contribution in [0.1, 0.15) is 11.1 Å². The molecule has 0 amide bonds. The second-order valence-electron chi connectivity index (χ2n) is 3.53. The Labute approximate surface area is 114 Å². The van der Waals surface area contributed by atoms with Crippen LogP contribution in [0.2, 0.25) is 0 Å². The molecule has 2 rings (SSSR count). The van der Waals surface area contributed by atoms with E-state index in [0.29, 0.717) is 22.0 Å². The van der Waals surface area contributed by atoms with Crippen LogP contribution in [0.4, 0.5) is 11.5 Å². The zero-order chi connectivity index (χ0) is 13.7. The summed E-state index contributed by atoms with van der Waals surface area (Å²) in [6.45, 7) is 0. The van der Waals surface area contributed by atoms with E-state index in [2.05, 4.69) is 21.4 Å². The summed E-state index contributed by atoms with van der Waals surface area (Å²) in [4.78, 5) is 8.12. The van der Waals surface area contributed by atoms with Crippen LogP contribution in [-0.2, 0) is 0 Å². The molecular formula is C13H9N5S. The first kappa shape index (κ1) is 12.9. The maximum Gasteiger partial charge on any atom is 0.152 e. The third-order valence-electron chi connectivity index (χ3n) is 2.39. The maximum atomic E-state index is 9.16. The number of rotatable bonds is 3. The van der Waals surface area contributed by atoms with Crippen LogP contribution in [0.5, 0.6) is 0 Å². The number of thioether (sulfide) groups is 1. The predicted molar refractivity (Wildman–Crippen MR) is 73.0 cm³/mol. The summed E-state index contributed by atoms with van der Waals surface area (Å²) >= 11 is 1.39. The summed E-state index contributed by atoms with van der Waals surface area (Å²) in [5.41, 5.74) is 1.76. The molecule has 1 heterocycles. The topological polar surface area (TPSA) is 85.4 Å². The molecule has 6 heteroatoms. The van der Waals surface area contributed by atoms with Crippen LogP contribution < -0.4 is 5.32 Å². The number of aromatic nitrogens is 2. The minimum Gasteiger partial charge on any atom is -0.339 e. The number of nitriles is 2. The standard InChI is InChI=1S/C13H9N5S/c1-19-13-11(7-15)12(16-8-17-13)18-10-4-2-9(6-14)3-5-10/h2-5,8H,1H3,(H,16,17,18). The van der Waals surface area contributed by atoms with Crippen LogP contribution in [-0.4, -0.2) is 16.2 Å². The van der Waals surface area contributed by atoms with Gasteiger partial charge in [0.1, 0.15) is 23.0 Å². The Morgan fingerprint density at radius 2 is 1.84 bits per heavy atom. The Morgan fingerprint density at radius 3 is 2.42 bits per heavy atom. The lowest BCUT2D eigenvalue weighted by atomic mass is 10.2. The van der Waals surface area contributed by atoms with Crippen molar-refractivity contribution in [2.24, 2.45) is 0 Å². The van der Waals surface area contributed by atoms with E-state index < -0.39 is 0 Å². The van der Waals surface area contributed by atoms with E-state index in [4.69, 9.17) is 10.5 Å². The highest BCUT2D eigenvalue weighted by Gasteiger charge is 2.10. The molecule has 0 radical (unpaired) electrons. The number of nitrogens with one attached hydrogen (secondary N) is 1. The van der Waals surface area contributed by atoms with Gasteiger partial charge in [-0.2, -0.15) is 10.5 Å². The molecular weight excluding hydrogens is 258 g/mol. The van der Waals surface area contributed by atoms with Crippen molar-refractivity contribution in [3.63, 3.8) is 0 Å². The van der Waals surface area contributed by atoms with Gasteiger partial charge in [-0.25, -0.2) is 9.97 Å². The molecule has 5 nitrogen and oxygen atoms in total. The molecule has 1 aromatic carbocycles. The molecule has 1 N–H and O–H groups in total. The number of hydrogen-bond donors (Lipinski definition) is 1.